The topological polar surface area (TPSA) is 93.2 Å². The third-order valence-electron chi connectivity index (χ3n) is 3.97. The van der Waals surface area contributed by atoms with Crippen molar-refractivity contribution in [1.82, 2.24) is 9.21 Å². The van der Waals surface area contributed by atoms with Crippen molar-refractivity contribution in [2.24, 2.45) is 0 Å². The van der Waals surface area contributed by atoms with Gasteiger partial charge in [-0.15, -0.1) is 13.2 Å². The quantitative estimate of drug-likeness (QED) is 0.765. The Labute approximate surface area is 146 Å². The predicted molar refractivity (Wildman–Crippen MR) is 78.5 cm³/mol. The first kappa shape index (κ1) is 18.5. The van der Waals surface area contributed by atoms with Crippen molar-refractivity contribution in [1.29, 1.82) is 0 Å². The Morgan fingerprint density at radius 3 is 2.35 bits per heavy atom. The summed E-state index contributed by atoms with van der Waals surface area (Å²) in [6.45, 7) is -0.419. The van der Waals surface area contributed by atoms with Crippen molar-refractivity contribution >= 4 is 22.0 Å². The number of rotatable bonds is 4. The number of alkyl halides is 3. The van der Waals surface area contributed by atoms with Crippen LogP contribution < -0.4 is 4.74 Å². The van der Waals surface area contributed by atoms with Gasteiger partial charge in [-0.1, -0.05) is 0 Å². The van der Waals surface area contributed by atoms with Crippen molar-refractivity contribution in [2.45, 2.75) is 23.7 Å². The van der Waals surface area contributed by atoms with Crippen molar-refractivity contribution in [2.75, 3.05) is 19.7 Å². The Morgan fingerprint density at radius 2 is 1.81 bits per heavy atom. The fraction of sp³-hybridized carbons (Fsp3) is 0.429. The van der Waals surface area contributed by atoms with E-state index in [0.717, 1.165) is 33.5 Å². The van der Waals surface area contributed by atoms with E-state index in [1.807, 2.05) is 0 Å². The highest BCUT2D eigenvalue weighted by atomic mass is 32.2. The molecular weight excluding hydrogens is 381 g/mol. The number of nitrogens with zero attached hydrogens (tertiary/aromatic N) is 2. The summed E-state index contributed by atoms with van der Waals surface area (Å²) in [5, 5.41) is 0. The molecule has 0 aliphatic carbocycles. The van der Waals surface area contributed by atoms with E-state index < -0.39 is 40.2 Å². The summed E-state index contributed by atoms with van der Waals surface area (Å²) in [5.74, 6) is -1.07. The van der Waals surface area contributed by atoms with Gasteiger partial charge in [0.15, 0.2) is 6.61 Å². The number of hydrogen-bond acceptors (Lipinski definition) is 6. The molecule has 2 saturated heterocycles. The number of benzene rings is 1. The Hall–Kier alpha value is -2.34. The molecule has 1 atom stereocenters. The zero-order valence-electron chi connectivity index (χ0n) is 13.1. The number of carbonyl (C=O) groups is 2. The highest BCUT2D eigenvalue weighted by molar-refractivity contribution is 7.89. The summed E-state index contributed by atoms with van der Waals surface area (Å²) >= 11 is 0. The highest BCUT2D eigenvalue weighted by Crippen LogP contribution is 2.28. The van der Waals surface area contributed by atoms with Gasteiger partial charge in [-0.2, -0.15) is 4.31 Å². The normalized spacial score (nSPS) is 22.0. The van der Waals surface area contributed by atoms with E-state index in [1.165, 1.54) is 0 Å². The average molecular weight is 394 g/mol. The smallest absolute Gasteiger partial charge is 0.439 e. The molecule has 142 valence electrons. The number of halogens is 3. The molecule has 2 aliphatic heterocycles. The van der Waals surface area contributed by atoms with Gasteiger partial charge in [-0.25, -0.2) is 18.1 Å². The first-order valence-corrected chi connectivity index (χ1v) is 8.87. The van der Waals surface area contributed by atoms with Gasteiger partial charge in [0.1, 0.15) is 5.75 Å². The molecule has 12 heteroatoms. The molecule has 0 saturated carbocycles. The predicted octanol–water partition coefficient (Wildman–Crippen LogP) is 1.33. The lowest BCUT2D eigenvalue weighted by Crippen LogP contribution is -2.42. The van der Waals surface area contributed by atoms with Gasteiger partial charge in [0, 0.05) is 13.1 Å². The first-order chi connectivity index (χ1) is 12.1. The first-order valence-electron chi connectivity index (χ1n) is 7.43. The summed E-state index contributed by atoms with van der Waals surface area (Å²) < 4.78 is 71.0. The van der Waals surface area contributed by atoms with E-state index in [2.05, 4.69) is 9.47 Å². The van der Waals surface area contributed by atoms with Gasteiger partial charge < -0.3 is 9.47 Å². The van der Waals surface area contributed by atoms with E-state index in [0.29, 0.717) is 0 Å². The van der Waals surface area contributed by atoms with E-state index >= 15 is 0 Å². The standard InChI is InChI=1S/C14H13F3N2O6S/c15-14(16,17)25-10-1-3-11(4-2-10)26(22,23)18-6-5-9(7-18)19-12(20)8-24-13(19)21/h1-4,9H,5-8H2. The van der Waals surface area contributed by atoms with Gasteiger partial charge in [0.2, 0.25) is 10.0 Å². The monoisotopic (exact) mass is 394 g/mol. The van der Waals surface area contributed by atoms with Crippen LogP contribution in [0.15, 0.2) is 29.2 Å². The number of amides is 2. The Kier molecular flexibility index (Phi) is 4.56. The van der Waals surface area contributed by atoms with E-state index in [1.54, 1.807) is 0 Å². The Bertz CT molecular complexity index is 808. The number of sulfonamides is 1. The number of imide groups is 1. The van der Waals surface area contributed by atoms with Gasteiger partial charge >= 0.3 is 12.5 Å². The molecule has 1 aromatic rings. The summed E-state index contributed by atoms with van der Waals surface area (Å²) in [7, 11) is -3.99. The fourth-order valence-corrected chi connectivity index (χ4v) is 4.31. The van der Waals surface area contributed by atoms with E-state index in [4.69, 9.17) is 0 Å². The van der Waals surface area contributed by atoms with Gasteiger partial charge in [-0.05, 0) is 30.7 Å². The van der Waals surface area contributed by atoms with Crippen molar-refractivity contribution in [3.8, 4) is 5.75 Å². The molecule has 0 aromatic heterocycles. The summed E-state index contributed by atoms with van der Waals surface area (Å²) in [6.07, 6.45) is -5.44. The summed E-state index contributed by atoms with van der Waals surface area (Å²) in [5.41, 5.74) is 0. The van der Waals surface area contributed by atoms with Crippen molar-refractivity contribution < 1.29 is 40.7 Å². The molecule has 26 heavy (non-hydrogen) atoms. The molecule has 0 bridgehead atoms. The molecule has 0 N–H and O–H groups in total. The highest BCUT2D eigenvalue weighted by Gasteiger charge is 2.43. The molecule has 2 amide bonds. The lowest BCUT2D eigenvalue weighted by atomic mass is 10.2. The molecule has 0 spiro atoms. The molecule has 8 nitrogen and oxygen atoms in total. The van der Waals surface area contributed by atoms with Crippen molar-refractivity contribution in [3.63, 3.8) is 0 Å². The average Bonchev–Trinajstić information content (AvgIpc) is 3.13. The number of hydrogen-bond donors (Lipinski definition) is 0. The SMILES string of the molecule is O=C1COC(=O)N1C1CCN(S(=O)(=O)c2ccc(OC(F)(F)F)cc2)C1. The molecule has 1 unspecified atom stereocenters. The van der Waals surface area contributed by atoms with Crippen LogP contribution in [0.2, 0.25) is 0 Å². The van der Waals surface area contributed by atoms with Crippen LogP contribution in [-0.2, 0) is 19.6 Å². The van der Waals surface area contributed by atoms with Crippen LogP contribution in [-0.4, -0.2) is 61.7 Å². The third-order valence-corrected chi connectivity index (χ3v) is 5.85. The molecule has 2 heterocycles. The molecule has 2 fully saturated rings. The number of carbonyl (C=O) groups excluding carboxylic acids is 2. The van der Waals surface area contributed by atoms with Crippen LogP contribution in [0.5, 0.6) is 5.75 Å². The van der Waals surface area contributed by atoms with Crippen LogP contribution >= 0.6 is 0 Å². The zero-order chi connectivity index (χ0) is 19.1. The second kappa shape index (κ2) is 6.43. The maximum atomic E-state index is 12.6. The van der Waals surface area contributed by atoms with Crippen LogP contribution in [0.3, 0.4) is 0 Å². The lowest BCUT2D eigenvalue weighted by Gasteiger charge is -2.20. The lowest BCUT2D eigenvalue weighted by molar-refractivity contribution is -0.274. The fourth-order valence-electron chi connectivity index (χ4n) is 2.82. The van der Waals surface area contributed by atoms with Crippen LogP contribution in [0.1, 0.15) is 6.42 Å². The second-order valence-electron chi connectivity index (χ2n) is 5.64. The second-order valence-corrected chi connectivity index (χ2v) is 7.58. The molecule has 0 radical (unpaired) electrons. The van der Waals surface area contributed by atoms with E-state index in [-0.39, 0.29) is 31.0 Å². The summed E-state index contributed by atoms with van der Waals surface area (Å²) in [6, 6.07) is 3.16. The molecular formula is C14H13F3N2O6S. The molecule has 1 aromatic carbocycles. The van der Waals surface area contributed by atoms with Gasteiger partial charge in [0.05, 0.1) is 10.9 Å². The maximum Gasteiger partial charge on any atom is 0.573 e. The number of cyclic esters (lactones) is 1. The molecule has 2 aliphatic rings. The Balaban J connectivity index is 1.73. The van der Waals surface area contributed by atoms with Crippen LogP contribution in [0.25, 0.3) is 0 Å². The van der Waals surface area contributed by atoms with Gasteiger partial charge in [-0.3, -0.25) is 4.79 Å². The number of ether oxygens (including phenoxy) is 2. The minimum absolute atomic E-state index is 0.0604. The van der Waals surface area contributed by atoms with Gasteiger partial charge in [0.25, 0.3) is 5.91 Å². The van der Waals surface area contributed by atoms with E-state index in [9.17, 15) is 31.2 Å². The minimum atomic E-state index is -4.88. The summed E-state index contributed by atoms with van der Waals surface area (Å²) in [4.78, 5) is 23.9. The third kappa shape index (κ3) is 3.60. The van der Waals surface area contributed by atoms with Crippen molar-refractivity contribution in [3.05, 3.63) is 24.3 Å². The van der Waals surface area contributed by atoms with Crippen LogP contribution in [0, 0.1) is 0 Å². The molecule has 3 rings (SSSR count). The Morgan fingerprint density at radius 1 is 1.15 bits per heavy atom. The maximum absolute atomic E-state index is 12.6. The zero-order valence-corrected chi connectivity index (χ0v) is 13.9. The van der Waals surface area contributed by atoms with Crippen LogP contribution in [0.4, 0.5) is 18.0 Å². The largest absolute Gasteiger partial charge is 0.573 e. The minimum Gasteiger partial charge on any atom is -0.439 e.